The molecule has 9 nitrogen and oxygen atoms in total. The monoisotopic (exact) mass is 345 g/mol. The van der Waals surface area contributed by atoms with Gasteiger partial charge in [0.2, 0.25) is 0 Å². The van der Waals surface area contributed by atoms with Crippen molar-refractivity contribution < 1.29 is 27.4 Å². The fourth-order valence-corrected chi connectivity index (χ4v) is 2.37. The lowest BCUT2D eigenvalue weighted by molar-refractivity contribution is -0.00971. The molecule has 0 saturated carbocycles. The van der Waals surface area contributed by atoms with Crippen molar-refractivity contribution in [2.45, 2.75) is 4.90 Å². The number of amides is 1. The van der Waals surface area contributed by atoms with E-state index < -0.39 is 21.7 Å². The molecule has 0 bridgehead atoms. The van der Waals surface area contributed by atoms with E-state index in [2.05, 4.69) is 4.99 Å². The summed E-state index contributed by atoms with van der Waals surface area (Å²) < 4.78 is 38.9. The van der Waals surface area contributed by atoms with Crippen LogP contribution in [0, 0.1) is 0 Å². The predicted octanol–water partition coefficient (Wildman–Crippen LogP) is -0.497. The maximum Gasteiger partial charge on any atom is 0.280 e. The highest BCUT2D eigenvalue weighted by Crippen LogP contribution is 2.25. The third kappa shape index (κ3) is 6.22. The number of hydrogen-bond acceptors (Lipinski definition) is 6. The number of carbonyl (C=O) groups excluding carboxylic acids is 1. The summed E-state index contributed by atoms with van der Waals surface area (Å²) >= 11 is 0. The van der Waals surface area contributed by atoms with E-state index in [1.54, 1.807) is 0 Å². The van der Waals surface area contributed by atoms with Gasteiger partial charge in [-0.3, -0.25) is 4.79 Å². The van der Waals surface area contributed by atoms with Gasteiger partial charge in [0.25, 0.3) is 5.91 Å². The Morgan fingerprint density at radius 1 is 1.26 bits per heavy atom. The van der Waals surface area contributed by atoms with Crippen LogP contribution in [-0.4, -0.2) is 53.7 Å². The zero-order chi connectivity index (χ0) is 17.5. The Morgan fingerprint density at radius 3 is 2.52 bits per heavy atom. The molecule has 1 amide bonds. The second-order valence-corrected chi connectivity index (χ2v) is 6.42. The molecule has 0 aliphatic rings. The minimum absolute atomic E-state index is 0.0199. The van der Waals surface area contributed by atoms with Gasteiger partial charge in [-0.15, -0.1) is 0 Å². The second-order valence-electron chi connectivity index (χ2n) is 4.44. The van der Waals surface area contributed by atoms with E-state index in [9.17, 15) is 13.2 Å². The molecule has 0 fully saturated rings. The number of sulfone groups is 1. The van der Waals surface area contributed by atoms with Crippen LogP contribution in [0.4, 0.5) is 0 Å². The molecule has 128 valence electrons. The summed E-state index contributed by atoms with van der Waals surface area (Å²) in [6, 6.07) is 3.84. The topological polar surface area (TPSA) is 143 Å². The summed E-state index contributed by atoms with van der Waals surface area (Å²) in [5.74, 6) is -1.10. The smallest absolute Gasteiger partial charge is 0.280 e. The maximum atomic E-state index is 11.8. The Labute approximate surface area is 134 Å². The normalized spacial score (nSPS) is 11.0. The quantitative estimate of drug-likeness (QED) is 0.278. The molecule has 0 heterocycles. The van der Waals surface area contributed by atoms with Crippen molar-refractivity contribution in [2.75, 3.05) is 33.4 Å². The van der Waals surface area contributed by atoms with Gasteiger partial charge in [0.1, 0.15) is 10.6 Å². The largest absolute Gasteiger partial charge is 0.466 e. The number of rotatable bonds is 8. The lowest BCUT2D eigenvalue weighted by Crippen LogP contribution is -2.24. The third-order valence-electron chi connectivity index (χ3n) is 2.55. The first kappa shape index (κ1) is 18.9. The highest BCUT2D eigenvalue weighted by molar-refractivity contribution is 7.90. The van der Waals surface area contributed by atoms with Crippen LogP contribution >= 0.6 is 0 Å². The van der Waals surface area contributed by atoms with E-state index in [1.165, 1.54) is 19.2 Å². The van der Waals surface area contributed by atoms with Crippen molar-refractivity contribution in [1.82, 2.24) is 0 Å². The van der Waals surface area contributed by atoms with Crippen LogP contribution in [-0.2, 0) is 19.3 Å². The molecule has 0 unspecified atom stereocenters. The Kier molecular flexibility index (Phi) is 6.94. The van der Waals surface area contributed by atoms with Crippen LogP contribution in [0.15, 0.2) is 28.1 Å². The molecule has 0 aromatic heterocycles. The van der Waals surface area contributed by atoms with Gasteiger partial charge in [-0.05, 0) is 18.2 Å². The van der Waals surface area contributed by atoms with Crippen LogP contribution in [0.2, 0.25) is 0 Å². The van der Waals surface area contributed by atoms with E-state index >= 15 is 0 Å². The molecule has 1 aromatic rings. The zero-order valence-electron chi connectivity index (χ0n) is 12.8. The van der Waals surface area contributed by atoms with Crippen LogP contribution in [0.5, 0.6) is 5.75 Å². The van der Waals surface area contributed by atoms with Crippen molar-refractivity contribution in [2.24, 2.45) is 16.5 Å². The van der Waals surface area contributed by atoms with Crippen LogP contribution in [0.1, 0.15) is 10.4 Å². The van der Waals surface area contributed by atoms with Crippen LogP contribution < -0.4 is 16.2 Å². The van der Waals surface area contributed by atoms with Crippen molar-refractivity contribution in [3.8, 4) is 5.75 Å². The molecule has 0 saturated heterocycles. The van der Waals surface area contributed by atoms with E-state index in [4.69, 9.17) is 25.7 Å². The van der Waals surface area contributed by atoms with E-state index in [-0.39, 0.29) is 23.0 Å². The first-order chi connectivity index (χ1) is 10.8. The van der Waals surface area contributed by atoms with Crippen LogP contribution in [0.25, 0.3) is 0 Å². The molecule has 0 atom stereocenters. The van der Waals surface area contributed by atoms with Gasteiger partial charge >= 0.3 is 0 Å². The summed E-state index contributed by atoms with van der Waals surface area (Å²) in [4.78, 5) is 14.9. The summed E-state index contributed by atoms with van der Waals surface area (Å²) in [7, 11) is -2.11. The number of methoxy groups -OCH3 is 1. The number of carbonyl (C=O) groups is 1. The number of ether oxygens (including phenoxy) is 3. The SMILES string of the molecule is COCCOCOc1ccc(C(=O)N=C(N)N)cc1S(C)(=O)=O. The fraction of sp³-hybridized carbons (Fsp3) is 0.385. The minimum Gasteiger partial charge on any atom is -0.466 e. The van der Waals surface area contributed by atoms with Crippen LogP contribution in [0.3, 0.4) is 0 Å². The molecular formula is C13H19N3O6S. The van der Waals surface area contributed by atoms with Crippen molar-refractivity contribution in [1.29, 1.82) is 0 Å². The number of hydrogen-bond donors (Lipinski definition) is 2. The van der Waals surface area contributed by atoms with Gasteiger partial charge < -0.3 is 25.7 Å². The summed E-state index contributed by atoms with van der Waals surface area (Å²) in [6.45, 7) is 0.521. The summed E-state index contributed by atoms with van der Waals surface area (Å²) in [5, 5.41) is 0. The lowest BCUT2D eigenvalue weighted by Gasteiger charge is -2.11. The summed E-state index contributed by atoms with van der Waals surface area (Å²) in [6.07, 6.45) is 0.996. The average molecular weight is 345 g/mol. The summed E-state index contributed by atoms with van der Waals surface area (Å²) in [5.41, 5.74) is 10.3. The molecule has 23 heavy (non-hydrogen) atoms. The molecule has 0 spiro atoms. The first-order valence-electron chi connectivity index (χ1n) is 6.43. The average Bonchev–Trinajstić information content (AvgIpc) is 2.45. The van der Waals surface area contributed by atoms with Gasteiger partial charge in [0.05, 0.1) is 13.2 Å². The zero-order valence-corrected chi connectivity index (χ0v) is 13.6. The molecule has 1 rings (SSSR count). The van der Waals surface area contributed by atoms with Crippen molar-refractivity contribution in [3.63, 3.8) is 0 Å². The molecule has 4 N–H and O–H groups in total. The van der Waals surface area contributed by atoms with E-state index in [0.29, 0.717) is 13.2 Å². The molecular weight excluding hydrogens is 326 g/mol. The predicted molar refractivity (Wildman–Crippen MR) is 83.0 cm³/mol. The Bertz CT molecular complexity index is 683. The Hall–Kier alpha value is -2.17. The number of benzene rings is 1. The molecule has 0 radical (unpaired) electrons. The number of guanidine groups is 1. The standard InChI is InChI=1S/C13H19N3O6S/c1-20-5-6-21-8-22-10-4-3-9(12(17)16-13(14)15)7-11(10)23(2,18)19/h3-4,7H,5-6,8H2,1-2H3,(H4,14,15,16,17). The lowest BCUT2D eigenvalue weighted by atomic mass is 10.2. The Morgan fingerprint density at radius 2 is 1.96 bits per heavy atom. The highest BCUT2D eigenvalue weighted by Gasteiger charge is 2.18. The maximum absolute atomic E-state index is 11.8. The van der Waals surface area contributed by atoms with E-state index in [1.807, 2.05) is 0 Å². The van der Waals surface area contributed by atoms with Gasteiger partial charge in [-0.2, -0.15) is 4.99 Å². The highest BCUT2D eigenvalue weighted by atomic mass is 32.2. The number of aliphatic imine (C=N–C) groups is 1. The van der Waals surface area contributed by atoms with Gasteiger partial charge in [-0.25, -0.2) is 8.42 Å². The second kappa shape index (κ2) is 8.46. The fourth-order valence-electron chi connectivity index (χ4n) is 1.54. The molecule has 0 aliphatic heterocycles. The van der Waals surface area contributed by atoms with E-state index in [0.717, 1.165) is 12.3 Å². The Balaban J connectivity index is 2.99. The molecule has 1 aromatic carbocycles. The number of nitrogens with two attached hydrogens (primary N) is 2. The third-order valence-corrected chi connectivity index (χ3v) is 3.67. The molecule has 10 heteroatoms. The minimum atomic E-state index is -3.63. The first-order valence-corrected chi connectivity index (χ1v) is 8.32. The van der Waals surface area contributed by atoms with Gasteiger partial charge in [-0.1, -0.05) is 0 Å². The van der Waals surface area contributed by atoms with Gasteiger partial charge in [0, 0.05) is 18.9 Å². The van der Waals surface area contributed by atoms with Crippen molar-refractivity contribution >= 4 is 21.7 Å². The van der Waals surface area contributed by atoms with Gasteiger partial charge in [0.15, 0.2) is 22.6 Å². The van der Waals surface area contributed by atoms with Crippen molar-refractivity contribution in [3.05, 3.63) is 23.8 Å². The number of nitrogens with zero attached hydrogens (tertiary/aromatic N) is 1. The molecule has 0 aliphatic carbocycles.